The van der Waals surface area contributed by atoms with Crippen molar-refractivity contribution in [2.24, 2.45) is 0 Å². The Kier molecular flexibility index (Phi) is 5.46. The Morgan fingerprint density at radius 3 is 2.48 bits per heavy atom. The van der Waals surface area contributed by atoms with Crippen LogP contribution in [0.15, 0.2) is 52.9 Å². The predicted octanol–water partition coefficient (Wildman–Crippen LogP) is 4.18. The zero-order valence-corrected chi connectivity index (χ0v) is 16.6. The summed E-state index contributed by atoms with van der Waals surface area (Å²) in [5.74, 6) is 0.897. The van der Waals surface area contributed by atoms with E-state index < -0.39 is 4.92 Å². The standard InChI is InChI=1S/C20H20ClN5O3/c1-14(24-9-11-25(12-10-24)18-4-2-3-16(21)13-18)19-22-23-20(29-19)15-5-7-17(8-6-15)26(27)28/h2-8,13-14H,9-12H2,1H3/t14-/m0/s1. The van der Waals surface area contributed by atoms with Crippen LogP contribution in [0, 0.1) is 10.1 Å². The molecule has 0 aliphatic carbocycles. The fourth-order valence-corrected chi connectivity index (χ4v) is 3.63. The van der Waals surface area contributed by atoms with Crippen molar-refractivity contribution >= 4 is 23.0 Å². The van der Waals surface area contributed by atoms with Crippen LogP contribution in [0.3, 0.4) is 0 Å². The molecule has 1 aromatic heterocycles. The number of benzene rings is 2. The Balaban J connectivity index is 1.40. The van der Waals surface area contributed by atoms with E-state index in [-0.39, 0.29) is 11.7 Å². The van der Waals surface area contributed by atoms with Crippen molar-refractivity contribution < 1.29 is 9.34 Å². The van der Waals surface area contributed by atoms with Crippen LogP contribution >= 0.6 is 11.6 Å². The third-order valence-electron chi connectivity index (χ3n) is 5.16. The molecule has 1 fully saturated rings. The third-order valence-corrected chi connectivity index (χ3v) is 5.39. The number of aromatic nitrogens is 2. The molecule has 0 amide bonds. The highest BCUT2D eigenvalue weighted by Crippen LogP contribution is 2.27. The predicted molar refractivity (Wildman–Crippen MR) is 110 cm³/mol. The third kappa shape index (κ3) is 4.23. The summed E-state index contributed by atoms with van der Waals surface area (Å²) in [5.41, 5.74) is 1.81. The van der Waals surface area contributed by atoms with Gasteiger partial charge in [-0.15, -0.1) is 10.2 Å². The second kappa shape index (κ2) is 8.18. The van der Waals surface area contributed by atoms with Gasteiger partial charge >= 0.3 is 0 Å². The van der Waals surface area contributed by atoms with Crippen LogP contribution in [0.1, 0.15) is 18.9 Å². The van der Waals surface area contributed by atoms with Gasteiger partial charge in [-0.2, -0.15) is 0 Å². The van der Waals surface area contributed by atoms with E-state index in [0.717, 1.165) is 36.9 Å². The summed E-state index contributed by atoms with van der Waals surface area (Å²) >= 11 is 6.10. The first-order chi connectivity index (χ1) is 14.0. The molecule has 3 aromatic rings. The highest BCUT2D eigenvalue weighted by molar-refractivity contribution is 6.30. The number of rotatable bonds is 5. The van der Waals surface area contributed by atoms with Crippen molar-refractivity contribution in [2.75, 3.05) is 31.1 Å². The van der Waals surface area contributed by atoms with E-state index in [2.05, 4.69) is 26.1 Å². The average molecular weight is 414 g/mol. The monoisotopic (exact) mass is 413 g/mol. The van der Waals surface area contributed by atoms with Gasteiger partial charge in [0.1, 0.15) is 0 Å². The van der Waals surface area contributed by atoms with E-state index >= 15 is 0 Å². The van der Waals surface area contributed by atoms with Crippen molar-refractivity contribution in [2.45, 2.75) is 13.0 Å². The number of hydrogen-bond acceptors (Lipinski definition) is 7. The fourth-order valence-electron chi connectivity index (χ4n) is 3.44. The molecule has 0 radical (unpaired) electrons. The first-order valence-corrected chi connectivity index (χ1v) is 9.72. The van der Waals surface area contributed by atoms with E-state index in [1.807, 2.05) is 25.1 Å². The number of anilines is 1. The highest BCUT2D eigenvalue weighted by Gasteiger charge is 2.26. The molecule has 1 aliphatic rings. The molecule has 2 heterocycles. The molecule has 4 rings (SSSR count). The summed E-state index contributed by atoms with van der Waals surface area (Å²) in [4.78, 5) is 15.0. The molecule has 8 nitrogen and oxygen atoms in total. The van der Waals surface area contributed by atoms with Crippen LogP contribution < -0.4 is 4.90 Å². The maximum Gasteiger partial charge on any atom is 0.269 e. The number of nitro benzene ring substituents is 1. The summed E-state index contributed by atoms with van der Waals surface area (Å²) in [7, 11) is 0. The maximum absolute atomic E-state index is 10.8. The van der Waals surface area contributed by atoms with Gasteiger partial charge in [0.15, 0.2) is 0 Å². The fraction of sp³-hybridized carbons (Fsp3) is 0.300. The number of halogens is 1. The van der Waals surface area contributed by atoms with E-state index in [4.69, 9.17) is 16.0 Å². The van der Waals surface area contributed by atoms with Gasteiger partial charge in [0.25, 0.3) is 5.69 Å². The topological polar surface area (TPSA) is 88.5 Å². The van der Waals surface area contributed by atoms with Crippen LogP contribution in [0.25, 0.3) is 11.5 Å². The lowest BCUT2D eigenvalue weighted by atomic mass is 10.2. The smallest absolute Gasteiger partial charge is 0.269 e. The minimum Gasteiger partial charge on any atom is -0.419 e. The molecule has 0 spiro atoms. The number of nitro groups is 1. The molecule has 9 heteroatoms. The number of nitrogens with zero attached hydrogens (tertiary/aromatic N) is 5. The molecule has 1 aliphatic heterocycles. The van der Waals surface area contributed by atoms with Crippen molar-refractivity contribution in [3.8, 4) is 11.5 Å². The van der Waals surface area contributed by atoms with Gasteiger partial charge in [-0.1, -0.05) is 17.7 Å². The van der Waals surface area contributed by atoms with E-state index in [9.17, 15) is 10.1 Å². The van der Waals surface area contributed by atoms with Gasteiger partial charge in [-0.05, 0) is 37.3 Å². The zero-order valence-electron chi connectivity index (χ0n) is 15.9. The van der Waals surface area contributed by atoms with Crippen LogP contribution in [0.5, 0.6) is 0 Å². The Bertz CT molecular complexity index is 999. The Morgan fingerprint density at radius 1 is 1.10 bits per heavy atom. The lowest BCUT2D eigenvalue weighted by Crippen LogP contribution is -2.47. The summed E-state index contributed by atoms with van der Waals surface area (Å²) in [6, 6.07) is 14.0. The van der Waals surface area contributed by atoms with Crippen molar-refractivity contribution in [1.29, 1.82) is 0 Å². The SMILES string of the molecule is C[C@@H](c1nnc(-c2ccc([N+](=O)[O-])cc2)o1)N1CCN(c2cccc(Cl)c2)CC1. The Labute approximate surface area is 172 Å². The summed E-state index contributed by atoms with van der Waals surface area (Å²) < 4.78 is 5.85. The van der Waals surface area contributed by atoms with E-state index in [0.29, 0.717) is 17.3 Å². The van der Waals surface area contributed by atoms with Crippen molar-refractivity contribution in [1.82, 2.24) is 15.1 Å². The molecular weight excluding hydrogens is 394 g/mol. The number of piperazine rings is 1. The molecule has 29 heavy (non-hydrogen) atoms. The number of non-ortho nitro benzene ring substituents is 1. The summed E-state index contributed by atoms with van der Waals surface area (Å²) in [6.45, 7) is 5.54. The van der Waals surface area contributed by atoms with Gasteiger partial charge in [0.2, 0.25) is 11.8 Å². The molecule has 0 N–H and O–H groups in total. The molecule has 150 valence electrons. The summed E-state index contributed by atoms with van der Waals surface area (Å²) in [5, 5.41) is 19.8. The quantitative estimate of drug-likeness (QED) is 0.457. The van der Waals surface area contributed by atoms with Gasteiger partial charge in [0, 0.05) is 54.6 Å². The van der Waals surface area contributed by atoms with Crippen molar-refractivity contribution in [3.63, 3.8) is 0 Å². The molecule has 0 unspecified atom stereocenters. The van der Waals surface area contributed by atoms with Gasteiger partial charge < -0.3 is 9.32 Å². The van der Waals surface area contributed by atoms with Crippen molar-refractivity contribution in [3.05, 3.63) is 69.6 Å². The van der Waals surface area contributed by atoms with Crippen LogP contribution in [0.2, 0.25) is 5.02 Å². The molecule has 0 saturated carbocycles. The normalized spacial score (nSPS) is 16.0. The maximum atomic E-state index is 10.8. The second-order valence-electron chi connectivity index (χ2n) is 6.93. The largest absolute Gasteiger partial charge is 0.419 e. The molecule has 2 aromatic carbocycles. The molecule has 1 atom stereocenters. The van der Waals surface area contributed by atoms with Gasteiger partial charge in [0.05, 0.1) is 11.0 Å². The Hall–Kier alpha value is -2.97. The van der Waals surface area contributed by atoms with Crippen LogP contribution in [-0.4, -0.2) is 46.2 Å². The average Bonchev–Trinajstić information content (AvgIpc) is 3.24. The van der Waals surface area contributed by atoms with E-state index in [1.165, 1.54) is 12.1 Å². The molecule has 0 bridgehead atoms. The van der Waals surface area contributed by atoms with Crippen LogP contribution in [-0.2, 0) is 0 Å². The Morgan fingerprint density at radius 2 is 1.83 bits per heavy atom. The lowest BCUT2D eigenvalue weighted by Gasteiger charge is -2.38. The zero-order chi connectivity index (χ0) is 20.4. The van der Waals surface area contributed by atoms with Crippen LogP contribution in [0.4, 0.5) is 11.4 Å². The first kappa shape index (κ1) is 19.4. The minimum absolute atomic E-state index is 0.0178. The lowest BCUT2D eigenvalue weighted by molar-refractivity contribution is -0.384. The minimum atomic E-state index is -0.436. The second-order valence-corrected chi connectivity index (χ2v) is 7.36. The van der Waals surface area contributed by atoms with Gasteiger partial charge in [-0.3, -0.25) is 15.0 Å². The summed E-state index contributed by atoms with van der Waals surface area (Å²) in [6.07, 6.45) is 0. The molecular formula is C20H20ClN5O3. The van der Waals surface area contributed by atoms with Gasteiger partial charge in [-0.25, -0.2) is 0 Å². The first-order valence-electron chi connectivity index (χ1n) is 9.34. The number of hydrogen-bond donors (Lipinski definition) is 0. The highest BCUT2D eigenvalue weighted by atomic mass is 35.5. The van der Waals surface area contributed by atoms with E-state index in [1.54, 1.807) is 12.1 Å². The molecule has 1 saturated heterocycles.